The highest BCUT2D eigenvalue weighted by molar-refractivity contribution is 5.83. The van der Waals surface area contributed by atoms with Crippen LogP contribution in [-0.2, 0) is 0 Å². The second-order valence-corrected chi connectivity index (χ2v) is 5.69. The number of aromatic nitrogens is 3. The maximum atomic E-state index is 5.76. The Morgan fingerprint density at radius 2 is 1.68 bits per heavy atom. The smallest absolute Gasteiger partial charge is 0.245 e. The standard InChI is InChI=1S/C18H20N4O3/c1-10(2)25-17-16-13(21-18(19)22-17)7-6-12(20-16)11-5-8-14(23-3)15(9-11)24-4/h5-10H,1-4H3,(H2,19,21,22). The number of hydrogen-bond acceptors (Lipinski definition) is 7. The van der Waals surface area contributed by atoms with Gasteiger partial charge in [0.1, 0.15) is 0 Å². The minimum absolute atomic E-state index is 0.0518. The molecule has 2 heterocycles. The molecule has 0 aliphatic carbocycles. The van der Waals surface area contributed by atoms with Crippen molar-refractivity contribution in [1.82, 2.24) is 15.0 Å². The van der Waals surface area contributed by atoms with Crippen molar-refractivity contribution in [2.75, 3.05) is 20.0 Å². The summed E-state index contributed by atoms with van der Waals surface area (Å²) in [6, 6.07) is 9.34. The summed E-state index contributed by atoms with van der Waals surface area (Å²) in [5.41, 5.74) is 8.58. The van der Waals surface area contributed by atoms with Crippen LogP contribution < -0.4 is 19.9 Å². The average Bonchev–Trinajstić information content (AvgIpc) is 2.60. The van der Waals surface area contributed by atoms with E-state index in [1.165, 1.54) is 0 Å². The number of nitrogens with two attached hydrogens (primary N) is 1. The summed E-state index contributed by atoms with van der Waals surface area (Å²) in [6.07, 6.45) is -0.0518. The van der Waals surface area contributed by atoms with E-state index >= 15 is 0 Å². The Morgan fingerprint density at radius 3 is 2.36 bits per heavy atom. The molecular formula is C18H20N4O3. The molecule has 0 spiro atoms. The lowest BCUT2D eigenvalue weighted by Gasteiger charge is -2.12. The molecule has 0 saturated carbocycles. The third-order valence-electron chi connectivity index (χ3n) is 3.55. The third kappa shape index (κ3) is 3.40. The van der Waals surface area contributed by atoms with Crippen molar-refractivity contribution in [3.05, 3.63) is 30.3 Å². The van der Waals surface area contributed by atoms with Gasteiger partial charge in [0.15, 0.2) is 17.0 Å². The molecule has 7 heteroatoms. The lowest BCUT2D eigenvalue weighted by atomic mass is 10.1. The van der Waals surface area contributed by atoms with Crippen molar-refractivity contribution in [1.29, 1.82) is 0 Å². The van der Waals surface area contributed by atoms with Crippen LogP contribution in [0.4, 0.5) is 5.95 Å². The minimum atomic E-state index is -0.0518. The van der Waals surface area contributed by atoms with E-state index in [1.54, 1.807) is 14.2 Å². The molecular weight excluding hydrogens is 320 g/mol. The van der Waals surface area contributed by atoms with Gasteiger partial charge in [-0.3, -0.25) is 0 Å². The molecule has 130 valence electrons. The Balaban J connectivity index is 2.13. The second-order valence-electron chi connectivity index (χ2n) is 5.69. The Labute approximate surface area is 145 Å². The molecule has 0 radical (unpaired) electrons. The van der Waals surface area contributed by atoms with E-state index < -0.39 is 0 Å². The number of methoxy groups -OCH3 is 2. The van der Waals surface area contributed by atoms with E-state index in [0.717, 1.165) is 11.3 Å². The highest BCUT2D eigenvalue weighted by Gasteiger charge is 2.13. The normalized spacial score (nSPS) is 10.9. The van der Waals surface area contributed by atoms with Gasteiger partial charge in [-0.2, -0.15) is 4.98 Å². The van der Waals surface area contributed by atoms with Crippen molar-refractivity contribution >= 4 is 17.0 Å². The minimum Gasteiger partial charge on any atom is -0.493 e. The van der Waals surface area contributed by atoms with Crippen LogP contribution in [0.1, 0.15) is 13.8 Å². The average molecular weight is 340 g/mol. The van der Waals surface area contributed by atoms with Crippen LogP contribution in [0, 0.1) is 0 Å². The van der Waals surface area contributed by atoms with Gasteiger partial charge in [0.25, 0.3) is 0 Å². The van der Waals surface area contributed by atoms with E-state index in [9.17, 15) is 0 Å². The first-order valence-corrected chi connectivity index (χ1v) is 7.85. The zero-order chi connectivity index (χ0) is 18.0. The molecule has 3 rings (SSSR count). The molecule has 0 aliphatic rings. The van der Waals surface area contributed by atoms with Crippen LogP contribution in [0.5, 0.6) is 17.4 Å². The van der Waals surface area contributed by atoms with Crippen LogP contribution >= 0.6 is 0 Å². The molecule has 7 nitrogen and oxygen atoms in total. The van der Waals surface area contributed by atoms with Crippen LogP contribution in [0.25, 0.3) is 22.3 Å². The molecule has 3 aromatic rings. The van der Waals surface area contributed by atoms with Crippen LogP contribution in [0.3, 0.4) is 0 Å². The van der Waals surface area contributed by atoms with Gasteiger partial charge in [0.05, 0.1) is 31.5 Å². The van der Waals surface area contributed by atoms with E-state index in [-0.39, 0.29) is 12.1 Å². The fraction of sp³-hybridized carbons (Fsp3) is 0.278. The molecule has 0 bridgehead atoms. The molecule has 0 amide bonds. The number of anilines is 1. The molecule has 1 aromatic carbocycles. The van der Waals surface area contributed by atoms with Gasteiger partial charge >= 0.3 is 0 Å². The maximum absolute atomic E-state index is 5.76. The predicted molar refractivity (Wildman–Crippen MR) is 96.0 cm³/mol. The van der Waals surface area contributed by atoms with Crippen molar-refractivity contribution < 1.29 is 14.2 Å². The first kappa shape index (κ1) is 16.8. The lowest BCUT2D eigenvalue weighted by molar-refractivity contribution is 0.235. The highest BCUT2D eigenvalue weighted by Crippen LogP contribution is 2.33. The quantitative estimate of drug-likeness (QED) is 0.763. The molecule has 0 saturated heterocycles. The monoisotopic (exact) mass is 340 g/mol. The Bertz CT molecular complexity index is 912. The van der Waals surface area contributed by atoms with Gasteiger partial charge in [-0.25, -0.2) is 9.97 Å². The Morgan fingerprint density at radius 1 is 0.920 bits per heavy atom. The SMILES string of the molecule is COc1ccc(-c2ccc3nc(N)nc(OC(C)C)c3n2)cc1OC. The highest BCUT2D eigenvalue weighted by atomic mass is 16.5. The summed E-state index contributed by atoms with van der Waals surface area (Å²) >= 11 is 0. The topological polar surface area (TPSA) is 92.4 Å². The molecule has 2 aromatic heterocycles. The largest absolute Gasteiger partial charge is 0.493 e. The van der Waals surface area contributed by atoms with Crippen LogP contribution in [0.2, 0.25) is 0 Å². The number of benzene rings is 1. The van der Waals surface area contributed by atoms with Gasteiger partial charge in [-0.15, -0.1) is 0 Å². The van der Waals surface area contributed by atoms with E-state index in [1.807, 2.05) is 44.2 Å². The van der Waals surface area contributed by atoms with Gasteiger partial charge in [0.2, 0.25) is 11.8 Å². The van der Waals surface area contributed by atoms with Gasteiger partial charge < -0.3 is 19.9 Å². The summed E-state index contributed by atoms with van der Waals surface area (Å²) in [4.78, 5) is 13.1. The summed E-state index contributed by atoms with van der Waals surface area (Å²) in [6.45, 7) is 3.84. The van der Waals surface area contributed by atoms with E-state index in [0.29, 0.717) is 28.4 Å². The number of ether oxygens (including phenoxy) is 3. The first-order valence-electron chi connectivity index (χ1n) is 7.85. The molecule has 0 unspecified atom stereocenters. The van der Waals surface area contributed by atoms with E-state index in [4.69, 9.17) is 19.9 Å². The Kier molecular flexibility index (Phi) is 4.56. The molecule has 0 atom stereocenters. The molecule has 25 heavy (non-hydrogen) atoms. The maximum Gasteiger partial charge on any atom is 0.245 e. The number of rotatable bonds is 5. The van der Waals surface area contributed by atoms with Crippen molar-refractivity contribution in [2.45, 2.75) is 20.0 Å². The lowest BCUT2D eigenvalue weighted by Crippen LogP contribution is -2.09. The van der Waals surface area contributed by atoms with Crippen molar-refractivity contribution in [3.63, 3.8) is 0 Å². The third-order valence-corrected chi connectivity index (χ3v) is 3.55. The molecule has 2 N–H and O–H groups in total. The number of nitrogen functional groups attached to an aromatic ring is 1. The summed E-state index contributed by atoms with van der Waals surface area (Å²) in [5.74, 6) is 1.82. The van der Waals surface area contributed by atoms with Crippen LogP contribution in [-0.4, -0.2) is 35.3 Å². The van der Waals surface area contributed by atoms with Gasteiger partial charge in [-0.1, -0.05) is 0 Å². The van der Waals surface area contributed by atoms with Crippen molar-refractivity contribution in [2.24, 2.45) is 0 Å². The fourth-order valence-electron chi connectivity index (χ4n) is 2.47. The zero-order valence-corrected chi connectivity index (χ0v) is 14.6. The summed E-state index contributed by atoms with van der Waals surface area (Å²) in [5, 5.41) is 0. The number of pyridine rings is 1. The summed E-state index contributed by atoms with van der Waals surface area (Å²) in [7, 11) is 3.20. The number of fused-ring (bicyclic) bond motifs is 1. The fourth-order valence-corrected chi connectivity index (χ4v) is 2.47. The Hall–Kier alpha value is -3.09. The van der Waals surface area contributed by atoms with Gasteiger partial charge in [0, 0.05) is 5.56 Å². The molecule has 0 fully saturated rings. The molecule has 0 aliphatic heterocycles. The van der Waals surface area contributed by atoms with Crippen molar-refractivity contribution in [3.8, 4) is 28.6 Å². The zero-order valence-electron chi connectivity index (χ0n) is 14.6. The van der Waals surface area contributed by atoms with Gasteiger partial charge in [-0.05, 0) is 44.2 Å². The van der Waals surface area contributed by atoms with Crippen LogP contribution in [0.15, 0.2) is 30.3 Å². The number of hydrogen-bond donors (Lipinski definition) is 1. The second kappa shape index (κ2) is 6.80. The van der Waals surface area contributed by atoms with E-state index in [2.05, 4.69) is 15.0 Å². The predicted octanol–water partition coefficient (Wildman–Crippen LogP) is 3.08. The summed E-state index contributed by atoms with van der Waals surface area (Å²) < 4.78 is 16.4. The first-order chi connectivity index (χ1) is 12.0. The number of nitrogens with zero attached hydrogens (tertiary/aromatic N) is 3.